The van der Waals surface area contributed by atoms with Crippen LogP contribution in [-0.2, 0) is 0 Å². The van der Waals surface area contributed by atoms with Crippen LogP contribution in [0.5, 0.6) is 0 Å². The van der Waals surface area contributed by atoms with E-state index in [1.807, 2.05) is 0 Å². The van der Waals surface area contributed by atoms with Gasteiger partial charge in [0, 0.05) is 39.1 Å². The van der Waals surface area contributed by atoms with Crippen molar-refractivity contribution in [3.63, 3.8) is 0 Å². The molecular weight excluding hydrogens is 749 g/mol. The summed E-state index contributed by atoms with van der Waals surface area (Å²) in [6.07, 6.45) is 0. The molecule has 62 heavy (non-hydrogen) atoms. The van der Waals surface area contributed by atoms with Crippen molar-refractivity contribution < 1.29 is 0 Å². The normalized spacial score (nSPS) is 11.9. The Hall–Kier alpha value is -8.20. The molecule has 1 heterocycles. The van der Waals surface area contributed by atoms with Crippen molar-refractivity contribution in [3.05, 3.63) is 231 Å². The molecule has 0 atom stereocenters. The monoisotopic (exact) mass is 786 g/mol. The van der Waals surface area contributed by atoms with E-state index < -0.39 is 0 Å². The molecule has 0 saturated carbocycles. The first-order valence-corrected chi connectivity index (χ1v) is 21.4. The quantitative estimate of drug-likeness (QED) is 0.156. The zero-order chi connectivity index (χ0) is 40.7. The molecule has 0 saturated heterocycles. The maximum absolute atomic E-state index is 2.49. The lowest BCUT2D eigenvalue weighted by Gasteiger charge is -2.26. The average molecular weight is 787 g/mol. The molecule has 11 aromatic rings. The smallest absolute Gasteiger partial charge is 0.0548 e. The molecular formula is C60H38N2. The van der Waals surface area contributed by atoms with Crippen LogP contribution in [-0.4, -0.2) is 4.57 Å². The maximum atomic E-state index is 2.49. The molecule has 288 valence electrons. The van der Waals surface area contributed by atoms with Gasteiger partial charge >= 0.3 is 0 Å². The number of aromatic nitrogens is 1. The van der Waals surface area contributed by atoms with E-state index in [-0.39, 0.29) is 0 Å². The van der Waals surface area contributed by atoms with Crippen molar-refractivity contribution in [2.45, 2.75) is 0 Å². The number of benzene rings is 10. The van der Waals surface area contributed by atoms with E-state index in [9.17, 15) is 0 Å². The van der Waals surface area contributed by atoms with Gasteiger partial charge in [-0.2, -0.15) is 0 Å². The summed E-state index contributed by atoms with van der Waals surface area (Å²) in [6.45, 7) is 0. The van der Waals surface area contributed by atoms with Crippen LogP contribution >= 0.6 is 0 Å². The molecule has 0 fully saturated rings. The maximum Gasteiger partial charge on any atom is 0.0548 e. The molecule has 0 spiro atoms. The first kappa shape index (κ1) is 34.6. The Bertz CT molecular complexity index is 3600. The van der Waals surface area contributed by atoms with Crippen LogP contribution < -0.4 is 4.90 Å². The van der Waals surface area contributed by atoms with Crippen LogP contribution in [0.3, 0.4) is 0 Å². The van der Waals surface area contributed by atoms with Crippen molar-refractivity contribution in [2.24, 2.45) is 0 Å². The van der Waals surface area contributed by atoms with Crippen LogP contribution in [0.4, 0.5) is 17.1 Å². The van der Waals surface area contributed by atoms with Crippen LogP contribution in [0.1, 0.15) is 0 Å². The second kappa shape index (κ2) is 13.7. The fraction of sp³-hybridized carbons (Fsp3) is 0. The highest BCUT2D eigenvalue weighted by atomic mass is 15.1. The summed E-state index contributed by atoms with van der Waals surface area (Å²) in [5, 5.41) is 10.4. The first-order valence-electron chi connectivity index (χ1n) is 21.4. The van der Waals surface area contributed by atoms with Crippen molar-refractivity contribution in [3.8, 4) is 50.2 Å². The van der Waals surface area contributed by atoms with Gasteiger partial charge in [0.2, 0.25) is 0 Å². The highest BCUT2D eigenvalue weighted by Crippen LogP contribution is 2.55. The van der Waals surface area contributed by atoms with Crippen molar-refractivity contribution >= 4 is 71.2 Å². The van der Waals surface area contributed by atoms with Crippen LogP contribution in [0.15, 0.2) is 231 Å². The molecule has 0 unspecified atom stereocenters. The third-order valence-electron chi connectivity index (χ3n) is 13.1. The number of anilines is 3. The summed E-state index contributed by atoms with van der Waals surface area (Å²) in [7, 11) is 0. The summed E-state index contributed by atoms with van der Waals surface area (Å²) in [5.74, 6) is 0. The SMILES string of the molecule is c1ccc(-c2ccc(N(c3ccc(-c4ccccc4)cc3)c3ccc(-n4c5ccc6c7c5c5c8c(cccc8c(-c8ccccc8)c-7c7ccccc76)ccc54)cc3)cc2)cc1. The molecule has 2 aliphatic carbocycles. The summed E-state index contributed by atoms with van der Waals surface area (Å²) >= 11 is 0. The Kier molecular flexibility index (Phi) is 7.64. The molecule has 2 aliphatic rings. The number of nitrogens with zero attached hydrogens (tertiary/aromatic N) is 2. The highest BCUT2D eigenvalue weighted by Gasteiger charge is 2.29. The average Bonchev–Trinajstić information content (AvgIpc) is 3.82. The van der Waals surface area contributed by atoms with E-state index in [4.69, 9.17) is 0 Å². The number of hydrogen-bond donors (Lipinski definition) is 0. The Morgan fingerprint density at radius 3 is 1.34 bits per heavy atom. The van der Waals surface area contributed by atoms with Gasteiger partial charge in [0.1, 0.15) is 0 Å². The Morgan fingerprint density at radius 1 is 0.258 bits per heavy atom. The second-order valence-corrected chi connectivity index (χ2v) is 16.4. The van der Waals surface area contributed by atoms with Crippen molar-refractivity contribution in [1.82, 2.24) is 4.57 Å². The molecule has 0 aliphatic heterocycles. The molecule has 2 nitrogen and oxygen atoms in total. The van der Waals surface area contributed by atoms with Gasteiger partial charge in [-0.1, -0.05) is 170 Å². The molecule has 10 aromatic carbocycles. The van der Waals surface area contributed by atoms with E-state index in [1.165, 1.54) is 98.6 Å². The lowest BCUT2D eigenvalue weighted by Crippen LogP contribution is -2.10. The zero-order valence-electron chi connectivity index (χ0n) is 33.8. The molecule has 13 rings (SSSR count). The second-order valence-electron chi connectivity index (χ2n) is 16.4. The third kappa shape index (κ3) is 5.17. The van der Waals surface area contributed by atoms with Crippen LogP contribution in [0.2, 0.25) is 0 Å². The van der Waals surface area contributed by atoms with Gasteiger partial charge in [0.05, 0.1) is 11.0 Å². The predicted molar refractivity (Wildman–Crippen MR) is 263 cm³/mol. The van der Waals surface area contributed by atoms with Crippen LogP contribution in [0.25, 0.3) is 104 Å². The fourth-order valence-corrected chi connectivity index (χ4v) is 10.4. The largest absolute Gasteiger partial charge is 0.311 e. The molecule has 0 amide bonds. The topological polar surface area (TPSA) is 8.17 Å². The number of rotatable bonds is 7. The summed E-state index contributed by atoms with van der Waals surface area (Å²) in [4.78, 5) is 2.36. The third-order valence-corrected chi connectivity index (χ3v) is 13.1. The minimum absolute atomic E-state index is 1.09. The van der Waals surface area contributed by atoms with Gasteiger partial charge in [-0.25, -0.2) is 0 Å². The van der Waals surface area contributed by atoms with Crippen LogP contribution in [0, 0.1) is 0 Å². The van der Waals surface area contributed by atoms with Gasteiger partial charge in [-0.3, -0.25) is 0 Å². The molecule has 0 N–H and O–H groups in total. The minimum Gasteiger partial charge on any atom is -0.311 e. The van der Waals surface area contributed by atoms with Gasteiger partial charge < -0.3 is 9.47 Å². The Labute approximate surface area is 359 Å². The van der Waals surface area contributed by atoms with E-state index >= 15 is 0 Å². The van der Waals surface area contributed by atoms with E-state index in [0.717, 1.165) is 22.7 Å². The van der Waals surface area contributed by atoms with Gasteiger partial charge in [-0.05, 0) is 132 Å². The van der Waals surface area contributed by atoms with Gasteiger partial charge in [0.15, 0.2) is 0 Å². The standard InChI is InChI=1S/C60H38N2/c1-4-13-39(14-5-1)41-23-28-45(29-24-41)61(46-30-25-42(26-31-46)40-15-6-2-7-16-40)47-32-34-48(35-33-47)62-53-37-27-44-19-12-22-52-55(43-17-8-3-9-18-43)57-50-21-11-10-20-49(50)51-36-38-54(62)60(58(51)57)59(53)56(44)52/h1-38H. The van der Waals surface area contributed by atoms with Gasteiger partial charge in [0.25, 0.3) is 0 Å². The number of fused-ring (bicyclic) bond motifs is 3. The van der Waals surface area contributed by atoms with E-state index in [1.54, 1.807) is 0 Å². The Morgan fingerprint density at radius 2 is 0.726 bits per heavy atom. The minimum atomic E-state index is 1.09. The molecule has 0 bridgehead atoms. The zero-order valence-corrected chi connectivity index (χ0v) is 33.8. The fourth-order valence-electron chi connectivity index (χ4n) is 10.4. The summed E-state index contributed by atoms with van der Waals surface area (Å²) in [5.41, 5.74) is 16.9. The lowest BCUT2D eigenvalue weighted by atomic mass is 9.92. The van der Waals surface area contributed by atoms with E-state index in [0.29, 0.717) is 0 Å². The van der Waals surface area contributed by atoms with Crippen molar-refractivity contribution in [1.29, 1.82) is 0 Å². The highest BCUT2D eigenvalue weighted by molar-refractivity contribution is 6.39. The molecule has 1 aromatic heterocycles. The predicted octanol–water partition coefficient (Wildman–Crippen LogP) is 16.7. The molecule has 2 heteroatoms. The summed E-state index contributed by atoms with van der Waals surface area (Å²) < 4.78 is 2.49. The number of hydrogen-bond acceptors (Lipinski definition) is 1. The van der Waals surface area contributed by atoms with Crippen molar-refractivity contribution in [2.75, 3.05) is 4.90 Å². The lowest BCUT2D eigenvalue weighted by molar-refractivity contribution is 1.17. The van der Waals surface area contributed by atoms with E-state index in [2.05, 4.69) is 240 Å². The summed E-state index contributed by atoms with van der Waals surface area (Å²) in [6, 6.07) is 84.5. The Balaban J connectivity index is 1.01. The van der Waals surface area contributed by atoms with Gasteiger partial charge in [-0.15, -0.1) is 0 Å². The first-order chi connectivity index (χ1) is 30.8. The molecule has 0 radical (unpaired) electrons.